The molecule has 0 fully saturated rings. The zero-order valence-electron chi connectivity index (χ0n) is 11.4. The van der Waals surface area contributed by atoms with Gasteiger partial charge in [0.05, 0.1) is 13.0 Å². The summed E-state index contributed by atoms with van der Waals surface area (Å²) < 4.78 is 5.08. The van der Waals surface area contributed by atoms with Crippen LogP contribution in [0.3, 0.4) is 0 Å². The molecule has 3 nitrogen and oxygen atoms in total. The molecule has 4 heteroatoms. The van der Waals surface area contributed by atoms with Gasteiger partial charge in [0.15, 0.2) is 5.78 Å². The first-order valence-electron chi connectivity index (χ1n) is 6.67. The molecule has 20 heavy (non-hydrogen) atoms. The number of esters is 1. The maximum absolute atomic E-state index is 12.0. The summed E-state index contributed by atoms with van der Waals surface area (Å²) in [7, 11) is 0. The van der Waals surface area contributed by atoms with Gasteiger partial charge in [0.2, 0.25) is 0 Å². The maximum Gasteiger partial charge on any atom is 0.306 e. The van der Waals surface area contributed by atoms with Crippen LogP contribution in [0.15, 0.2) is 36.4 Å². The first-order chi connectivity index (χ1) is 9.63. The van der Waals surface area contributed by atoms with Crippen molar-refractivity contribution in [2.75, 3.05) is 11.9 Å². The molecule has 0 saturated carbocycles. The van der Waals surface area contributed by atoms with E-state index in [9.17, 15) is 9.59 Å². The van der Waals surface area contributed by atoms with Crippen molar-refractivity contribution < 1.29 is 14.3 Å². The van der Waals surface area contributed by atoms with Crippen molar-refractivity contribution in [1.82, 2.24) is 0 Å². The summed E-state index contributed by atoms with van der Waals surface area (Å²) in [6, 6.07) is 7.49. The Morgan fingerprint density at radius 3 is 2.80 bits per heavy atom. The molecule has 1 atom stereocenters. The highest BCUT2D eigenvalue weighted by Gasteiger charge is 2.37. The van der Waals surface area contributed by atoms with Crippen molar-refractivity contribution in [3.8, 4) is 0 Å². The average Bonchev–Trinajstić information content (AvgIpc) is 2.44. The van der Waals surface area contributed by atoms with Crippen molar-refractivity contribution in [1.29, 1.82) is 0 Å². The topological polar surface area (TPSA) is 43.4 Å². The number of fused-ring (bicyclic) bond motifs is 1. The van der Waals surface area contributed by atoms with E-state index >= 15 is 0 Å². The molecule has 1 aliphatic rings. The third kappa shape index (κ3) is 2.85. The van der Waals surface area contributed by atoms with Crippen LogP contribution in [-0.4, -0.2) is 23.7 Å². The van der Waals surface area contributed by atoms with Crippen LogP contribution in [0.25, 0.3) is 0 Å². The highest BCUT2D eigenvalue weighted by Crippen LogP contribution is 2.39. The third-order valence-electron chi connectivity index (χ3n) is 3.59. The first-order valence-corrected chi connectivity index (χ1v) is 7.80. The predicted molar refractivity (Wildman–Crippen MR) is 81.3 cm³/mol. The fraction of sp³-hybridized carbons (Fsp3) is 0.375. The molecule has 2 rings (SSSR count). The Balaban J connectivity index is 2.44. The predicted octanol–water partition coefficient (Wildman–Crippen LogP) is 3.42. The third-order valence-corrected chi connectivity index (χ3v) is 3.98. The van der Waals surface area contributed by atoms with Gasteiger partial charge in [0.25, 0.3) is 0 Å². The van der Waals surface area contributed by atoms with Gasteiger partial charge in [-0.25, -0.2) is 0 Å². The van der Waals surface area contributed by atoms with Gasteiger partial charge in [-0.15, -0.1) is 0 Å². The molecule has 1 aromatic carbocycles. The summed E-state index contributed by atoms with van der Waals surface area (Å²) in [6.45, 7) is 2.16. The van der Waals surface area contributed by atoms with Gasteiger partial charge in [-0.1, -0.05) is 46.3 Å². The van der Waals surface area contributed by atoms with Gasteiger partial charge >= 0.3 is 5.97 Å². The molecule has 0 unspecified atom stereocenters. The zero-order chi connectivity index (χ0) is 14.6. The molecule has 0 radical (unpaired) electrons. The van der Waals surface area contributed by atoms with Crippen LogP contribution in [0.1, 0.15) is 35.7 Å². The summed E-state index contributed by atoms with van der Waals surface area (Å²) in [5, 5.41) is 0.749. The zero-order valence-corrected chi connectivity index (χ0v) is 13.0. The first kappa shape index (κ1) is 15.0. The lowest BCUT2D eigenvalue weighted by Gasteiger charge is -2.33. The molecule has 0 heterocycles. The van der Waals surface area contributed by atoms with Crippen LogP contribution in [0.4, 0.5) is 0 Å². The van der Waals surface area contributed by atoms with Crippen LogP contribution in [-0.2, 0) is 14.9 Å². The number of rotatable bonds is 5. The van der Waals surface area contributed by atoms with E-state index in [4.69, 9.17) is 4.74 Å². The summed E-state index contributed by atoms with van der Waals surface area (Å²) in [6.07, 6.45) is 4.43. The van der Waals surface area contributed by atoms with Crippen LogP contribution in [0.5, 0.6) is 0 Å². The SMILES string of the molecule is CCOC(=O)C[C@@]1(CCBr)C=CC(=O)c2ccccc21. The van der Waals surface area contributed by atoms with Gasteiger partial charge in [0, 0.05) is 16.3 Å². The van der Waals surface area contributed by atoms with Crippen molar-refractivity contribution in [2.24, 2.45) is 0 Å². The van der Waals surface area contributed by atoms with Gasteiger partial charge in [-0.3, -0.25) is 9.59 Å². The Kier molecular flexibility index (Phi) is 4.76. The second-order valence-electron chi connectivity index (χ2n) is 4.82. The Bertz CT molecular complexity index is 550. The molecule has 0 aliphatic heterocycles. The van der Waals surface area contributed by atoms with Crippen LogP contribution in [0, 0.1) is 0 Å². The van der Waals surface area contributed by atoms with Crippen molar-refractivity contribution >= 4 is 27.7 Å². The fourth-order valence-corrected chi connectivity index (χ4v) is 3.35. The Labute approximate surface area is 127 Å². The molecule has 0 saturated heterocycles. The van der Waals surface area contributed by atoms with E-state index in [0.29, 0.717) is 12.2 Å². The number of hydrogen-bond acceptors (Lipinski definition) is 3. The highest BCUT2D eigenvalue weighted by molar-refractivity contribution is 9.09. The molecule has 106 valence electrons. The minimum Gasteiger partial charge on any atom is -0.466 e. The van der Waals surface area contributed by atoms with Crippen molar-refractivity contribution in [2.45, 2.75) is 25.2 Å². The largest absolute Gasteiger partial charge is 0.466 e. The minimum atomic E-state index is -0.458. The molecular formula is C16H17BrO3. The van der Waals surface area contributed by atoms with Crippen LogP contribution < -0.4 is 0 Å². The van der Waals surface area contributed by atoms with E-state index in [1.165, 1.54) is 0 Å². The van der Waals surface area contributed by atoms with Crippen LogP contribution >= 0.6 is 15.9 Å². The molecule has 0 spiro atoms. The highest BCUT2D eigenvalue weighted by atomic mass is 79.9. The van der Waals surface area contributed by atoms with Gasteiger partial charge < -0.3 is 4.74 Å². The number of carbonyl (C=O) groups excluding carboxylic acids is 2. The Hall–Kier alpha value is -1.42. The number of halogens is 1. The number of hydrogen-bond donors (Lipinski definition) is 0. The van der Waals surface area contributed by atoms with Gasteiger partial charge in [-0.2, -0.15) is 0 Å². The smallest absolute Gasteiger partial charge is 0.306 e. The van der Waals surface area contributed by atoms with E-state index in [1.54, 1.807) is 13.0 Å². The van der Waals surface area contributed by atoms with E-state index in [-0.39, 0.29) is 18.2 Å². The van der Waals surface area contributed by atoms with Crippen molar-refractivity contribution in [3.63, 3.8) is 0 Å². The van der Waals surface area contributed by atoms with E-state index in [0.717, 1.165) is 17.3 Å². The number of benzene rings is 1. The van der Waals surface area contributed by atoms with Gasteiger partial charge in [-0.05, 0) is 25.0 Å². The molecule has 0 amide bonds. The summed E-state index contributed by atoms with van der Waals surface area (Å²) in [5.74, 6) is -0.239. The minimum absolute atomic E-state index is 0.00495. The fourth-order valence-electron chi connectivity index (χ4n) is 2.65. The Morgan fingerprint density at radius 1 is 1.35 bits per heavy atom. The standard InChI is InChI=1S/C16H17BrO3/c1-2-20-15(19)11-16(9-10-17)8-7-14(18)12-5-3-4-6-13(12)16/h3-8H,2,9-11H2,1H3/t16-/m0/s1. The van der Waals surface area contributed by atoms with E-state index in [2.05, 4.69) is 15.9 Å². The molecule has 1 aliphatic carbocycles. The van der Waals surface area contributed by atoms with E-state index in [1.807, 2.05) is 30.3 Å². The lowest BCUT2D eigenvalue weighted by atomic mass is 9.70. The lowest BCUT2D eigenvalue weighted by Crippen LogP contribution is -2.33. The number of ketones is 1. The number of carbonyl (C=O) groups is 2. The second-order valence-corrected chi connectivity index (χ2v) is 5.61. The normalized spacial score (nSPS) is 20.6. The molecule has 1 aromatic rings. The number of allylic oxidation sites excluding steroid dienone is 2. The molecular weight excluding hydrogens is 320 g/mol. The number of alkyl halides is 1. The molecule has 0 bridgehead atoms. The van der Waals surface area contributed by atoms with Crippen molar-refractivity contribution in [3.05, 3.63) is 47.5 Å². The second kappa shape index (κ2) is 6.35. The number of ether oxygens (including phenoxy) is 1. The van der Waals surface area contributed by atoms with Gasteiger partial charge in [0.1, 0.15) is 0 Å². The lowest BCUT2D eigenvalue weighted by molar-refractivity contribution is -0.144. The molecule has 0 N–H and O–H groups in total. The maximum atomic E-state index is 12.0. The van der Waals surface area contributed by atoms with Crippen LogP contribution in [0.2, 0.25) is 0 Å². The molecule has 0 aromatic heterocycles. The summed E-state index contributed by atoms with van der Waals surface area (Å²) in [5.41, 5.74) is 1.14. The average molecular weight is 337 g/mol. The summed E-state index contributed by atoms with van der Waals surface area (Å²) >= 11 is 3.45. The quantitative estimate of drug-likeness (QED) is 0.611. The summed E-state index contributed by atoms with van der Waals surface area (Å²) in [4.78, 5) is 23.9. The monoisotopic (exact) mass is 336 g/mol. The van der Waals surface area contributed by atoms with E-state index < -0.39 is 5.41 Å². The Morgan fingerprint density at radius 2 is 2.10 bits per heavy atom.